The van der Waals surface area contributed by atoms with Crippen LogP contribution >= 0.6 is 0 Å². The molecule has 2 aromatic heterocycles. The maximum Gasteiger partial charge on any atom is 0.0548 e. The molecule has 0 bridgehead atoms. The van der Waals surface area contributed by atoms with Crippen LogP contribution in [0, 0.1) is 0 Å². The van der Waals surface area contributed by atoms with Crippen LogP contribution in [0.1, 0.15) is 25.0 Å². The molecule has 2 heteroatoms. The Labute approximate surface area is 308 Å². The van der Waals surface area contributed by atoms with Crippen molar-refractivity contribution in [1.82, 2.24) is 9.13 Å². The van der Waals surface area contributed by atoms with Crippen molar-refractivity contribution in [1.29, 1.82) is 0 Å². The SMILES string of the molecule is CC1(C)c2ccccc2-c2ccc(-n3c4ccccc4c4cc5c(cc43)c3ccccc3n5-c3cccc(-c4ccc(-c5ccccc5)cc4)c3)cc21. The van der Waals surface area contributed by atoms with Gasteiger partial charge in [0.2, 0.25) is 0 Å². The van der Waals surface area contributed by atoms with Crippen LogP contribution in [-0.2, 0) is 5.41 Å². The van der Waals surface area contributed by atoms with E-state index >= 15 is 0 Å². The van der Waals surface area contributed by atoms with Gasteiger partial charge in [-0.3, -0.25) is 0 Å². The smallest absolute Gasteiger partial charge is 0.0548 e. The summed E-state index contributed by atoms with van der Waals surface area (Å²) in [5.74, 6) is 0. The van der Waals surface area contributed by atoms with E-state index in [0.717, 1.165) is 5.69 Å². The van der Waals surface area contributed by atoms with Crippen LogP contribution in [0.5, 0.6) is 0 Å². The number of nitrogens with zero attached hydrogens (tertiary/aromatic N) is 2. The van der Waals surface area contributed by atoms with Crippen molar-refractivity contribution in [3.05, 3.63) is 193 Å². The van der Waals surface area contributed by atoms with E-state index in [-0.39, 0.29) is 5.41 Å². The van der Waals surface area contributed by atoms with Gasteiger partial charge in [-0.05, 0) is 93.0 Å². The second-order valence-electron chi connectivity index (χ2n) is 15.0. The summed E-state index contributed by atoms with van der Waals surface area (Å²) in [6, 6.07) is 67.1. The number of para-hydroxylation sites is 2. The van der Waals surface area contributed by atoms with Crippen molar-refractivity contribution in [3.63, 3.8) is 0 Å². The zero-order valence-electron chi connectivity index (χ0n) is 29.7. The second kappa shape index (κ2) is 11.2. The zero-order valence-corrected chi connectivity index (χ0v) is 29.7. The standard InChI is InChI=1S/C51H36N2/c1-51(2)45-20-9-6-17-39(45)40-28-27-38(30-46(40)51)53-48-22-11-8-19-42(48)44-31-49-43(32-50(44)53)41-18-7-10-21-47(41)52(49)37-16-12-15-36(29-37)35-25-23-34(24-26-35)33-13-4-3-5-14-33/h3-32H,1-2H3. The number of rotatable bonds is 4. The van der Waals surface area contributed by atoms with E-state index in [1.54, 1.807) is 0 Å². The molecule has 0 atom stereocenters. The Bertz CT molecular complexity index is 3060. The molecule has 0 N–H and O–H groups in total. The first-order valence-electron chi connectivity index (χ1n) is 18.5. The van der Waals surface area contributed by atoms with Crippen molar-refractivity contribution < 1.29 is 0 Å². The van der Waals surface area contributed by atoms with Gasteiger partial charge in [-0.1, -0.05) is 147 Å². The minimum Gasteiger partial charge on any atom is -0.309 e. The van der Waals surface area contributed by atoms with E-state index in [0.29, 0.717) is 0 Å². The molecular formula is C51H36N2. The Morgan fingerprint density at radius 3 is 1.51 bits per heavy atom. The van der Waals surface area contributed by atoms with Crippen molar-refractivity contribution in [3.8, 4) is 44.8 Å². The molecule has 53 heavy (non-hydrogen) atoms. The van der Waals surface area contributed by atoms with Crippen LogP contribution in [0.4, 0.5) is 0 Å². The third-order valence-electron chi connectivity index (χ3n) is 11.7. The third kappa shape index (κ3) is 4.39. The molecule has 2 heterocycles. The molecule has 11 rings (SSSR count). The van der Waals surface area contributed by atoms with Gasteiger partial charge in [-0.15, -0.1) is 0 Å². The fraction of sp³-hybridized carbons (Fsp3) is 0.0588. The molecule has 0 amide bonds. The fourth-order valence-corrected chi connectivity index (χ4v) is 9.13. The van der Waals surface area contributed by atoms with E-state index in [2.05, 4.69) is 205 Å². The summed E-state index contributed by atoms with van der Waals surface area (Å²) in [4.78, 5) is 0. The average Bonchev–Trinajstić information content (AvgIpc) is 3.80. The molecular weight excluding hydrogens is 641 g/mol. The van der Waals surface area contributed by atoms with Crippen molar-refractivity contribution in [2.75, 3.05) is 0 Å². The van der Waals surface area contributed by atoms with Gasteiger partial charge < -0.3 is 9.13 Å². The van der Waals surface area contributed by atoms with E-state index in [9.17, 15) is 0 Å². The lowest BCUT2D eigenvalue weighted by Gasteiger charge is -2.22. The highest BCUT2D eigenvalue weighted by atomic mass is 15.0. The average molecular weight is 677 g/mol. The van der Waals surface area contributed by atoms with Crippen LogP contribution in [0.3, 0.4) is 0 Å². The summed E-state index contributed by atoms with van der Waals surface area (Å²) in [6.45, 7) is 4.72. The summed E-state index contributed by atoms with van der Waals surface area (Å²) in [5, 5.41) is 5.03. The molecule has 8 aromatic carbocycles. The van der Waals surface area contributed by atoms with Crippen LogP contribution < -0.4 is 0 Å². The largest absolute Gasteiger partial charge is 0.309 e. The molecule has 0 fully saturated rings. The normalized spacial score (nSPS) is 13.2. The van der Waals surface area contributed by atoms with Gasteiger partial charge in [0.25, 0.3) is 0 Å². The Morgan fingerprint density at radius 1 is 0.321 bits per heavy atom. The molecule has 1 aliphatic carbocycles. The Hall–Kier alpha value is -6.64. The quantitative estimate of drug-likeness (QED) is 0.176. The Morgan fingerprint density at radius 2 is 0.830 bits per heavy atom. The predicted octanol–water partition coefficient (Wildman–Crippen LogP) is 13.5. The molecule has 0 unspecified atom stereocenters. The molecule has 0 radical (unpaired) electrons. The van der Waals surface area contributed by atoms with Gasteiger partial charge in [0.05, 0.1) is 22.1 Å². The first kappa shape index (κ1) is 30.0. The number of benzene rings is 8. The van der Waals surface area contributed by atoms with E-state index in [1.807, 2.05) is 0 Å². The monoisotopic (exact) mass is 676 g/mol. The van der Waals surface area contributed by atoms with E-state index in [1.165, 1.54) is 93.8 Å². The summed E-state index contributed by atoms with van der Waals surface area (Å²) < 4.78 is 4.93. The van der Waals surface area contributed by atoms with Crippen molar-refractivity contribution >= 4 is 43.6 Å². The maximum absolute atomic E-state index is 2.48. The summed E-state index contributed by atoms with van der Waals surface area (Å²) >= 11 is 0. The van der Waals surface area contributed by atoms with Crippen LogP contribution in [-0.4, -0.2) is 9.13 Å². The highest BCUT2D eigenvalue weighted by Crippen LogP contribution is 2.49. The number of aromatic nitrogens is 2. The number of fused-ring (bicyclic) bond motifs is 9. The topological polar surface area (TPSA) is 9.86 Å². The first-order valence-corrected chi connectivity index (χ1v) is 18.5. The molecule has 0 saturated carbocycles. The van der Waals surface area contributed by atoms with Gasteiger partial charge in [-0.25, -0.2) is 0 Å². The molecule has 1 aliphatic rings. The lowest BCUT2D eigenvalue weighted by atomic mass is 9.82. The summed E-state index contributed by atoms with van der Waals surface area (Å²) in [5.41, 5.74) is 17.5. The van der Waals surface area contributed by atoms with Gasteiger partial charge in [0.15, 0.2) is 0 Å². The zero-order chi connectivity index (χ0) is 35.3. The molecule has 10 aromatic rings. The third-order valence-corrected chi connectivity index (χ3v) is 11.7. The molecule has 0 aliphatic heterocycles. The Kier molecular flexibility index (Phi) is 6.33. The highest BCUT2D eigenvalue weighted by Gasteiger charge is 2.35. The van der Waals surface area contributed by atoms with E-state index < -0.39 is 0 Å². The number of hydrogen-bond acceptors (Lipinski definition) is 0. The lowest BCUT2D eigenvalue weighted by molar-refractivity contribution is 0.660. The van der Waals surface area contributed by atoms with Crippen LogP contribution in [0.25, 0.3) is 88.4 Å². The molecule has 0 saturated heterocycles. The summed E-state index contributed by atoms with van der Waals surface area (Å²) in [6.07, 6.45) is 0. The molecule has 0 spiro atoms. The van der Waals surface area contributed by atoms with Gasteiger partial charge in [0.1, 0.15) is 0 Å². The van der Waals surface area contributed by atoms with Crippen molar-refractivity contribution in [2.24, 2.45) is 0 Å². The lowest BCUT2D eigenvalue weighted by Crippen LogP contribution is -2.15. The predicted molar refractivity (Wildman–Crippen MR) is 224 cm³/mol. The van der Waals surface area contributed by atoms with Gasteiger partial charge >= 0.3 is 0 Å². The van der Waals surface area contributed by atoms with Gasteiger partial charge in [0, 0.05) is 38.3 Å². The molecule has 2 nitrogen and oxygen atoms in total. The van der Waals surface area contributed by atoms with Crippen LogP contribution in [0.2, 0.25) is 0 Å². The van der Waals surface area contributed by atoms with E-state index in [4.69, 9.17) is 0 Å². The van der Waals surface area contributed by atoms with Gasteiger partial charge in [-0.2, -0.15) is 0 Å². The Balaban J connectivity index is 1.11. The number of hydrogen-bond donors (Lipinski definition) is 0. The highest BCUT2D eigenvalue weighted by molar-refractivity contribution is 6.19. The first-order chi connectivity index (χ1) is 26.0. The molecule has 250 valence electrons. The minimum absolute atomic E-state index is 0.0696. The van der Waals surface area contributed by atoms with Crippen LogP contribution in [0.15, 0.2) is 182 Å². The maximum atomic E-state index is 2.48. The minimum atomic E-state index is -0.0696. The summed E-state index contributed by atoms with van der Waals surface area (Å²) in [7, 11) is 0. The van der Waals surface area contributed by atoms with Crippen molar-refractivity contribution in [2.45, 2.75) is 19.3 Å². The second-order valence-corrected chi connectivity index (χ2v) is 15.0. The fourth-order valence-electron chi connectivity index (χ4n) is 9.13.